The quantitative estimate of drug-likeness (QED) is 0.559. The number of benzene rings is 1. The van der Waals surface area contributed by atoms with Crippen molar-refractivity contribution in [2.45, 2.75) is 43.9 Å². The van der Waals surface area contributed by atoms with Gasteiger partial charge in [-0.25, -0.2) is 0 Å². The van der Waals surface area contributed by atoms with Gasteiger partial charge in [-0.15, -0.1) is 24.8 Å². The van der Waals surface area contributed by atoms with Crippen LogP contribution in [0.1, 0.15) is 24.8 Å². The molecule has 0 unspecified atom stereocenters. The molecule has 0 spiro atoms. The van der Waals surface area contributed by atoms with E-state index in [0.717, 1.165) is 18.4 Å². The van der Waals surface area contributed by atoms with Crippen LogP contribution in [0.2, 0.25) is 0 Å². The fourth-order valence-corrected chi connectivity index (χ4v) is 3.44. The number of nitrogens with zero attached hydrogens (tertiary/aromatic N) is 3. The first-order chi connectivity index (χ1) is 12.1. The number of hydrogen-bond donors (Lipinski definition) is 2. The number of nitrogens with one attached hydrogen (secondary N) is 2. The number of hydrogen-bond acceptors (Lipinski definition) is 6. The van der Waals surface area contributed by atoms with Gasteiger partial charge in [0.1, 0.15) is 6.04 Å². The minimum Gasteiger partial charge on any atom is -0.325 e. The number of nitriles is 1. The zero-order valence-electron chi connectivity index (χ0n) is 14.7. The summed E-state index contributed by atoms with van der Waals surface area (Å²) in [5, 5.41) is 26.4. The molecule has 1 amide bonds. The molecule has 0 aliphatic carbocycles. The molecule has 27 heavy (non-hydrogen) atoms. The topological polar surface area (TPSA) is 111 Å². The predicted octanol–water partition coefficient (Wildman–Crippen LogP) is 1.77. The van der Waals surface area contributed by atoms with Gasteiger partial charge in [-0.1, -0.05) is 12.1 Å². The molecule has 1 aromatic carbocycles. The zero-order valence-corrected chi connectivity index (χ0v) is 16.3. The Morgan fingerprint density at radius 3 is 2.70 bits per heavy atom. The van der Waals surface area contributed by atoms with E-state index in [2.05, 4.69) is 16.7 Å². The molecule has 2 fully saturated rings. The average molecular weight is 416 g/mol. The third-order valence-corrected chi connectivity index (χ3v) is 4.86. The molecule has 2 aliphatic rings. The Labute approximate surface area is 170 Å². The maximum atomic E-state index is 12.6. The Morgan fingerprint density at radius 2 is 2.07 bits per heavy atom. The Morgan fingerprint density at radius 1 is 1.37 bits per heavy atom. The number of non-ortho nitro benzene ring substituents is 1. The minimum absolute atomic E-state index is 0. The first-order valence-corrected chi connectivity index (χ1v) is 8.48. The molecule has 3 rings (SSSR count). The second-order valence-corrected chi connectivity index (χ2v) is 6.52. The van der Waals surface area contributed by atoms with Crippen LogP contribution in [0.5, 0.6) is 0 Å². The summed E-state index contributed by atoms with van der Waals surface area (Å²) >= 11 is 0. The summed E-state index contributed by atoms with van der Waals surface area (Å²) in [5.41, 5.74) is 1.04. The van der Waals surface area contributed by atoms with Gasteiger partial charge in [-0.05, 0) is 24.8 Å². The summed E-state index contributed by atoms with van der Waals surface area (Å²) < 4.78 is 0. The van der Waals surface area contributed by atoms with Crippen LogP contribution in [-0.2, 0) is 11.3 Å². The van der Waals surface area contributed by atoms with Gasteiger partial charge in [0.25, 0.3) is 5.69 Å². The van der Waals surface area contributed by atoms with E-state index in [4.69, 9.17) is 5.26 Å². The van der Waals surface area contributed by atoms with Crippen molar-refractivity contribution in [3.05, 3.63) is 39.9 Å². The Kier molecular flexibility index (Phi) is 8.93. The van der Waals surface area contributed by atoms with Gasteiger partial charge >= 0.3 is 0 Å². The Balaban J connectivity index is 0.00000182. The first kappa shape index (κ1) is 23.1. The highest BCUT2D eigenvalue weighted by Gasteiger charge is 2.36. The van der Waals surface area contributed by atoms with E-state index in [1.54, 1.807) is 17.0 Å². The second kappa shape index (κ2) is 10.4. The predicted molar refractivity (Wildman–Crippen MR) is 105 cm³/mol. The van der Waals surface area contributed by atoms with Gasteiger partial charge in [-0.3, -0.25) is 14.9 Å². The summed E-state index contributed by atoms with van der Waals surface area (Å²) in [6.07, 6.45) is 2.33. The smallest absolute Gasteiger partial charge is 0.269 e. The molecule has 0 saturated carbocycles. The Bertz CT molecular complexity index is 695. The van der Waals surface area contributed by atoms with E-state index in [-0.39, 0.29) is 54.5 Å². The van der Waals surface area contributed by atoms with Crippen LogP contribution in [0.3, 0.4) is 0 Å². The van der Waals surface area contributed by atoms with Gasteiger partial charge < -0.3 is 15.5 Å². The van der Waals surface area contributed by atoms with Crippen LogP contribution in [-0.4, -0.2) is 46.9 Å². The molecule has 2 N–H and O–H groups in total. The van der Waals surface area contributed by atoms with Crippen LogP contribution in [0.4, 0.5) is 5.69 Å². The standard InChI is InChI=1S/C17H21N5O3.2ClH/c18-9-15-2-1-7-21(15)17(23)16-8-13(11-20-16)19-10-12-3-5-14(6-4-12)22(24)25;;/h3-6,13,15-16,19-20H,1-2,7-8,10-11H2;2*1H/t13-,15-,16-;;/m0../s1. The lowest BCUT2D eigenvalue weighted by molar-refractivity contribution is -0.384. The van der Waals surface area contributed by atoms with Crippen LogP contribution >= 0.6 is 24.8 Å². The minimum atomic E-state index is -0.416. The molecule has 1 aromatic rings. The van der Waals surface area contributed by atoms with E-state index in [1.807, 2.05) is 0 Å². The van der Waals surface area contributed by atoms with Crippen molar-refractivity contribution in [1.29, 1.82) is 5.26 Å². The van der Waals surface area contributed by atoms with E-state index in [9.17, 15) is 14.9 Å². The largest absolute Gasteiger partial charge is 0.325 e. The molecule has 0 bridgehead atoms. The molecule has 0 aromatic heterocycles. The second-order valence-electron chi connectivity index (χ2n) is 6.52. The molecule has 2 saturated heterocycles. The van der Waals surface area contributed by atoms with Gasteiger partial charge in [0.15, 0.2) is 0 Å². The summed E-state index contributed by atoms with van der Waals surface area (Å²) in [4.78, 5) is 24.5. The number of carbonyl (C=O) groups is 1. The van der Waals surface area contributed by atoms with Crippen LogP contribution in [0.15, 0.2) is 24.3 Å². The third kappa shape index (κ3) is 5.53. The molecule has 10 heteroatoms. The molecule has 2 aliphatic heterocycles. The number of carbonyl (C=O) groups excluding carboxylic acids is 1. The van der Waals surface area contributed by atoms with Crippen molar-refractivity contribution in [3.63, 3.8) is 0 Å². The number of nitro groups is 1. The molecule has 148 valence electrons. The highest BCUT2D eigenvalue weighted by molar-refractivity contribution is 5.85. The van der Waals surface area contributed by atoms with E-state index in [1.165, 1.54) is 12.1 Å². The normalized spacial score (nSPS) is 23.8. The molecular formula is C17H23Cl2N5O3. The maximum absolute atomic E-state index is 12.6. The van der Waals surface area contributed by atoms with E-state index >= 15 is 0 Å². The fourth-order valence-electron chi connectivity index (χ4n) is 3.44. The van der Waals surface area contributed by atoms with Gasteiger partial charge in [0.2, 0.25) is 5.91 Å². The number of likely N-dealkylation sites (tertiary alicyclic amines) is 1. The van der Waals surface area contributed by atoms with E-state index < -0.39 is 4.92 Å². The molecular weight excluding hydrogens is 393 g/mol. The van der Waals surface area contributed by atoms with Crippen molar-refractivity contribution in [3.8, 4) is 6.07 Å². The summed E-state index contributed by atoms with van der Waals surface area (Å²) in [6.45, 7) is 1.94. The van der Waals surface area contributed by atoms with E-state index in [0.29, 0.717) is 26.1 Å². The molecule has 0 radical (unpaired) electrons. The van der Waals surface area contributed by atoms with Crippen LogP contribution in [0.25, 0.3) is 0 Å². The maximum Gasteiger partial charge on any atom is 0.269 e. The number of rotatable bonds is 5. The van der Waals surface area contributed by atoms with Crippen molar-refractivity contribution in [1.82, 2.24) is 15.5 Å². The molecule has 8 nitrogen and oxygen atoms in total. The SMILES string of the molecule is Cl.Cl.N#C[C@@H]1CCCN1C(=O)[C@@H]1C[C@H](NCc2ccc([N+](=O)[O-])cc2)CN1. The first-order valence-electron chi connectivity index (χ1n) is 8.48. The van der Waals surface area contributed by atoms with Gasteiger partial charge in [0.05, 0.1) is 17.0 Å². The van der Waals surface area contributed by atoms with Crippen molar-refractivity contribution >= 4 is 36.4 Å². The lowest BCUT2D eigenvalue weighted by Crippen LogP contribution is -2.45. The Hall–Kier alpha value is -1.92. The summed E-state index contributed by atoms with van der Waals surface area (Å²) in [6, 6.07) is 8.28. The fraction of sp³-hybridized carbons (Fsp3) is 0.529. The number of nitro benzene ring substituents is 1. The highest BCUT2D eigenvalue weighted by Crippen LogP contribution is 2.20. The molecule has 2 heterocycles. The van der Waals surface area contributed by atoms with Crippen LogP contribution in [0, 0.1) is 21.4 Å². The number of amides is 1. The van der Waals surface area contributed by atoms with Crippen molar-refractivity contribution in [2.75, 3.05) is 13.1 Å². The lowest BCUT2D eigenvalue weighted by Gasteiger charge is -2.23. The highest BCUT2D eigenvalue weighted by atomic mass is 35.5. The summed E-state index contributed by atoms with van der Waals surface area (Å²) in [5.74, 6) is 0.0173. The van der Waals surface area contributed by atoms with Gasteiger partial charge in [-0.2, -0.15) is 5.26 Å². The van der Waals surface area contributed by atoms with Crippen molar-refractivity contribution < 1.29 is 9.72 Å². The van der Waals surface area contributed by atoms with Crippen molar-refractivity contribution in [2.24, 2.45) is 0 Å². The number of halogens is 2. The summed E-state index contributed by atoms with van der Waals surface area (Å²) in [7, 11) is 0. The monoisotopic (exact) mass is 415 g/mol. The van der Waals surface area contributed by atoms with Crippen LogP contribution < -0.4 is 10.6 Å². The van der Waals surface area contributed by atoms with Gasteiger partial charge in [0, 0.05) is 37.8 Å². The molecule has 3 atom stereocenters. The lowest BCUT2D eigenvalue weighted by atomic mass is 10.1. The average Bonchev–Trinajstić information content (AvgIpc) is 3.28. The third-order valence-electron chi connectivity index (χ3n) is 4.86. The zero-order chi connectivity index (χ0) is 17.8.